The largest absolute Gasteiger partial charge is 0.379 e. The van der Waals surface area contributed by atoms with E-state index >= 15 is 0 Å². The monoisotopic (exact) mass is 423 g/mol. The third-order valence-electron chi connectivity index (χ3n) is 7.69. The quantitative estimate of drug-likeness (QED) is 0.745. The Hall–Kier alpha value is -2.18. The molecule has 0 aromatic heterocycles. The van der Waals surface area contributed by atoms with Crippen LogP contribution in [0, 0.1) is 5.92 Å². The Kier molecular flexibility index (Phi) is 5.85. The summed E-state index contributed by atoms with van der Waals surface area (Å²) in [5.74, 6) is 0.388. The number of benzene rings is 1. The molecule has 5 rings (SSSR count). The van der Waals surface area contributed by atoms with E-state index in [1.165, 1.54) is 11.1 Å². The van der Waals surface area contributed by atoms with E-state index < -0.39 is 0 Å². The van der Waals surface area contributed by atoms with Gasteiger partial charge < -0.3 is 14.5 Å². The number of piperidine rings is 2. The van der Waals surface area contributed by atoms with Crippen LogP contribution in [-0.4, -0.2) is 85.5 Å². The molecule has 2 amide bonds. The second-order valence-electron chi connectivity index (χ2n) is 9.43. The fraction of sp³-hybridized carbons (Fsp3) is 0.600. The molecule has 1 atom stereocenters. The highest BCUT2D eigenvalue weighted by Gasteiger charge is 2.41. The molecular formula is C25H33N3O3. The van der Waals surface area contributed by atoms with Crippen LogP contribution in [0.15, 0.2) is 30.3 Å². The third-order valence-corrected chi connectivity index (χ3v) is 7.69. The average Bonchev–Trinajstić information content (AvgIpc) is 3.17. The van der Waals surface area contributed by atoms with Crippen LogP contribution in [0.25, 0.3) is 6.08 Å². The van der Waals surface area contributed by atoms with Gasteiger partial charge in [-0.2, -0.15) is 0 Å². The number of rotatable bonds is 4. The molecule has 6 heteroatoms. The van der Waals surface area contributed by atoms with Gasteiger partial charge in [-0.1, -0.05) is 36.4 Å². The van der Waals surface area contributed by atoms with Gasteiger partial charge in [0.2, 0.25) is 11.8 Å². The number of nitrogens with zero attached hydrogens (tertiary/aromatic N) is 3. The summed E-state index contributed by atoms with van der Waals surface area (Å²) in [5.41, 5.74) is 2.84. The zero-order valence-corrected chi connectivity index (χ0v) is 18.3. The summed E-state index contributed by atoms with van der Waals surface area (Å²) in [6.07, 6.45) is 7.75. The maximum atomic E-state index is 13.3. The van der Waals surface area contributed by atoms with Gasteiger partial charge in [-0.15, -0.1) is 0 Å². The fourth-order valence-electron chi connectivity index (χ4n) is 5.67. The first-order chi connectivity index (χ1) is 15.1. The maximum absolute atomic E-state index is 13.3. The van der Waals surface area contributed by atoms with Gasteiger partial charge in [-0.3, -0.25) is 14.5 Å². The topological polar surface area (TPSA) is 53.1 Å². The van der Waals surface area contributed by atoms with Crippen LogP contribution in [0.2, 0.25) is 0 Å². The molecule has 0 radical (unpaired) electrons. The molecule has 4 aliphatic rings. The van der Waals surface area contributed by atoms with Crippen molar-refractivity contribution < 1.29 is 14.3 Å². The molecule has 0 N–H and O–H groups in total. The number of carbonyl (C=O) groups is 2. The number of hydrogen-bond acceptors (Lipinski definition) is 4. The summed E-state index contributed by atoms with van der Waals surface area (Å²) < 4.78 is 5.41. The molecule has 0 bridgehead atoms. The molecule has 1 aliphatic carbocycles. The number of morpholine rings is 1. The minimum absolute atomic E-state index is 0.0529. The molecule has 3 fully saturated rings. The van der Waals surface area contributed by atoms with Crippen LogP contribution in [0.3, 0.4) is 0 Å². The molecule has 1 aromatic rings. The Morgan fingerprint density at radius 1 is 1.06 bits per heavy atom. The van der Waals surface area contributed by atoms with Crippen molar-refractivity contribution in [2.24, 2.45) is 5.92 Å². The maximum Gasteiger partial charge on any atom is 0.227 e. The van der Waals surface area contributed by atoms with Crippen molar-refractivity contribution >= 4 is 17.9 Å². The van der Waals surface area contributed by atoms with Crippen LogP contribution >= 0.6 is 0 Å². The van der Waals surface area contributed by atoms with Gasteiger partial charge in [0.15, 0.2) is 0 Å². The second kappa shape index (κ2) is 8.75. The molecule has 1 unspecified atom stereocenters. The van der Waals surface area contributed by atoms with E-state index in [0.29, 0.717) is 25.9 Å². The standard InChI is InChI=1S/C25H33N3O3/c29-23-6-5-21(19-28(23)14-13-26-15-17-31-18-16-26)24(30)27-11-9-25(10-12-27)8-7-20-3-1-2-4-22(20)25/h1-4,7-8,21H,5-6,9-19H2. The number of likely N-dealkylation sites (tertiary alicyclic amines) is 2. The van der Waals surface area contributed by atoms with Crippen molar-refractivity contribution in [3.8, 4) is 0 Å². The lowest BCUT2D eigenvalue weighted by molar-refractivity contribution is -0.144. The average molecular weight is 424 g/mol. The first-order valence-corrected chi connectivity index (χ1v) is 11.8. The molecule has 3 saturated heterocycles. The number of amides is 2. The molecule has 1 spiro atoms. The summed E-state index contributed by atoms with van der Waals surface area (Å²) in [4.78, 5) is 32.1. The van der Waals surface area contributed by atoms with E-state index in [1.54, 1.807) is 0 Å². The van der Waals surface area contributed by atoms with E-state index in [0.717, 1.165) is 58.8 Å². The lowest BCUT2D eigenvalue weighted by Gasteiger charge is -2.42. The Morgan fingerprint density at radius 3 is 2.65 bits per heavy atom. The van der Waals surface area contributed by atoms with Crippen molar-refractivity contribution in [2.45, 2.75) is 31.1 Å². The molecule has 31 heavy (non-hydrogen) atoms. The SMILES string of the molecule is O=C1CCC(C(=O)N2CCC3(C=Cc4ccccc43)CC2)CN1CCN1CCOCC1. The molecular weight excluding hydrogens is 390 g/mol. The van der Waals surface area contributed by atoms with Crippen LogP contribution in [0.1, 0.15) is 36.8 Å². The number of hydrogen-bond donors (Lipinski definition) is 0. The third kappa shape index (κ3) is 4.15. The molecule has 3 heterocycles. The molecule has 0 saturated carbocycles. The predicted molar refractivity (Wildman–Crippen MR) is 120 cm³/mol. The number of carbonyl (C=O) groups excluding carboxylic acids is 2. The van der Waals surface area contributed by atoms with E-state index in [1.807, 2.05) is 4.90 Å². The van der Waals surface area contributed by atoms with Gasteiger partial charge in [-0.05, 0) is 30.4 Å². The summed E-state index contributed by atoms with van der Waals surface area (Å²) in [6, 6.07) is 8.64. The van der Waals surface area contributed by atoms with E-state index in [9.17, 15) is 9.59 Å². The lowest BCUT2D eigenvalue weighted by atomic mass is 9.74. The van der Waals surface area contributed by atoms with E-state index in [4.69, 9.17) is 4.74 Å². The highest BCUT2D eigenvalue weighted by molar-refractivity contribution is 5.84. The van der Waals surface area contributed by atoms with Crippen LogP contribution in [0.4, 0.5) is 0 Å². The van der Waals surface area contributed by atoms with Crippen LogP contribution in [0.5, 0.6) is 0 Å². The molecule has 1 aromatic carbocycles. The minimum atomic E-state index is -0.0529. The highest BCUT2D eigenvalue weighted by Crippen LogP contribution is 2.43. The fourth-order valence-corrected chi connectivity index (χ4v) is 5.67. The van der Waals surface area contributed by atoms with Crippen LogP contribution in [-0.2, 0) is 19.7 Å². The highest BCUT2D eigenvalue weighted by atomic mass is 16.5. The van der Waals surface area contributed by atoms with Gasteiger partial charge in [0.1, 0.15) is 0 Å². The second-order valence-corrected chi connectivity index (χ2v) is 9.43. The Morgan fingerprint density at radius 2 is 1.84 bits per heavy atom. The summed E-state index contributed by atoms with van der Waals surface area (Å²) in [6.45, 7) is 7.16. The van der Waals surface area contributed by atoms with Crippen LogP contribution < -0.4 is 0 Å². The Balaban J connectivity index is 1.16. The number of fused-ring (bicyclic) bond motifs is 2. The van der Waals surface area contributed by atoms with Gasteiger partial charge >= 0.3 is 0 Å². The summed E-state index contributed by atoms with van der Waals surface area (Å²) in [7, 11) is 0. The van der Waals surface area contributed by atoms with Gasteiger partial charge in [0.25, 0.3) is 0 Å². The van der Waals surface area contributed by atoms with Gasteiger partial charge in [-0.25, -0.2) is 0 Å². The van der Waals surface area contributed by atoms with Crippen molar-refractivity contribution in [3.05, 3.63) is 41.5 Å². The molecule has 3 aliphatic heterocycles. The van der Waals surface area contributed by atoms with Crippen molar-refractivity contribution in [2.75, 3.05) is 59.0 Å². The Labute approximate surface area is 184 Å². The van der Waals surface area contributed by atoms with Crippen molar-refractivity contribution in [1.82, 2.24) is 14.7 Å². The predicted octanol–water partition coefficient (Wildman–Crippen LogP) is 2.14. The molecule has 166 valence electrons. The molecule has 6 nitrogen and oxygen atoms in total. The van der Waals surface area contributed by atoms with E-state index in [2.05, 4.69) is 46.2 Å². The smallest absolute Gasteiger partial charge is 0.227 e. The van der Waals surface area contributed by atoms with Gasteiger partial charge in [0, 0.05) is 57.6 Å². The normalized spacial score (nSPS) is 25.8. The Bertz CT molecular complexity index is 853. The number of allylic oxidation sites excluding steroid dienone is 1. The first-order valence-electron chi connectivity index (χ1n) is 11.8. The number of ether oxygens (including phenoxy) is 1. The van der Waals surface area contributed by atoms with E-state index in [-0.39, 0.29) is 23.1 Å². The van der Waals surface area contributed by atoms with Crippen molar-refractivity contribution in [3.63, 3.8) is 0 Å². The minimum Gasteiger partial charge on any atom is -0.379 e. The summed E-state index contributed by atoms with van der Waals surface area (Å²) in [5, 5.41) is 0. The summed E-state index contributed by atoms with van der Waals surface area (Å²) >= 11 is 0. The van der Waals surface area contributed by atoms with Gasteiger partial charge in [0.05, 0.1) is 19.1 Å². The zero-order chi connectivity index (χ0) is 21.3. The van der Waals surface area contributed by atoms with Crippen molar-refractivity contribution in [1.29, 1.82) is 0 Å². The zero-order valence-electron chi connectivity index (χ0n) is 18.3. The lowest BCUT2D eigenvalue weighted by Crippen LogP contribution is -2.52. The first kappa shape index (κ1) is 20.7.